The Morgan fingerprint density at radius 3 is 2.71 bits per heavy atom. The summed E-state index contributed by atoms with van der Waals surface area (Å²) in [6.07, 6.45) is 1.41. The molecular formula is C10H11N3O. The summed E-state index contributed by atoms with van der Waals surface area (Å²) in [5, 5.41) is 16.3. The number of aromatic amines is 1. The van der Waals surface area contributed by atoms with Crippen LogP contribution in [0.15, 0.2) is 36.7 Å². The van der Waals surface area contributed by atoms with Crippen molar-refractivity contribution in [3.05, 3.63) is 48.0 Å². The lowest BCUT2D eigenvalue weighted by molar-refractivity contribution is 0.176. The van der Waals surface area contributed by atoms with E-state index in [2.05, 4.69) is 15.2 Å². The number of benzene rings is 1. The minimum absolute atomic E-state index is 0.438. The molecule has 1 aromatic carbocycles. The van der Waals surface area contributed by atoms with Gasteiger partial charge in [-0.05, 0) is 5.56 Å². The molecule has 0 aliphatic rings. The van der Waals surface area contributed by atoms with E-state index < -0.39 is 6.10 Å². The average molecular weight is 189 g/mol. The molecule has 2 N–H and O–H groups in total. The first kappa shape index (κ1) is 8.90. The number of rotatable bonds is 3. The smallest absolute Gasteiger partial charge is 0.153 e. The van der Waals surface area contributed by atoms with E-state index in [0.29, 0.717) is 12.2 Å². The molecule has 1 aromatic heterocycles. The highest BCUT2D eigenvalue weighted by atomic mass is 16.3. The van der Waals surface area contributed by atoms with Crippen LogP contribution >= 0.6 is 0 Å². The molecule has 0 saturated carbocycles. The molecule has 2 rings (SSSR count). The normalized spacial score (nSPS) is 12.6. The minimum Gasteiger partial charge on any atom is -0.388 e. The van der Waals surface area contributed by atoms with E-state index in [1.54, 1.807) is 0 Å². The van der Waals surface area contributed by atoms with Crippen molar-refractivity contribution < 1.29 is 5.11 Å². The Hall–Kier alpha value is -1.68. The van der Waals surface area contributed by atoms with Gasteiger partial charge in [0.1, 0.15) is 6.33 Å². The van der Waals surface area contributed by atoms with Crippen LogP contribution in [0, 0.1) is 0 Å². The number of aromatic nitrogens is 3. The number of hydrogen-bond acceptors (Lipinski definition) is 3. The number of H-pyrrole nitrogens is 1. The van der Waals surface area contributed by atoms with Crippen molar-refractivity contribution in [3.8, 4) is 0 Å². The van der Waals surface area contributed by atoms with Crippen LogP contribution in [0.3, 0.4) is 0 Å². The van der Waals surface area contributed by atoms with Crippen LogP contribution < -0.4 is 0 Å². The zero-order chi connectivity index (χ0) is 9.80. The fourth-order valence-electron chi connectivity index (χ4n) is 1.30. The van der Waals surface area contributed by atoms with Crippen LogP contribution in [-0.4, -0.2) is 20.3 Å². The number of aliphatic hydroxyl groups excluding tert-OH is 1. The molecule has 0 bridgehead atoms. The Labute approximate surface area is 81.6 Å². The molecule has 0 saturated heterocycles. The van der Waals surface area contributed by atoms with E-state index in [4.69, 9.17) is 0 Å². The first-order chi connectivity index (χ1) is 6.86. The van der Waals surface area contributed by atoms with Crippen LogP contribution in [-0.2, 0) is 6.42 Å². The quantitative estimate of drug-likeness (QED) is 0.759. The van der Waals surface area contributed by atoms with Gasteiger partial charge in [-0.15, -0.1) is 0 Å². The Balaban J connectivity index is 2.07. The molecule has 0 aliphatic carbocycles. The SMILES string of the molecule is OC(Cc1nc[nH]n1)c1ccccc1. The van der Waals surface area contributed by atoms with Gasteiger partial charge in [0.25, 0.3) is 0 Å². The van der Waals surface area contributed by atoms with Gasteiger partial charge in [-0.2, -0.15) is 5.10 Å². The second-order valence-electron chi connectivity index (χ2n) is 3.05. The molecule has 2 aromatic rings. The van der Waals surface area contributed by atoms with Gasteiger partial charge in [0.2, 0.25) is 0 Å². The van der Waals surface area contributed by atoms with Crippen molar-refractivity contribution >= 4 is 0 Å². The zero-order valence-electron chi connectivity index (χ0n) is 7.59. The lowest BCUT2D eigenvalue weighted by Gasteiger charge is -2.07. The monoisotopic (exact) mass is 189 g/mol. The fraction of sp³-hybridized carbons (Fsp3) is 0.200. The summed E-state index contributed by atoms with van der Waals surface area (Å²) in [6.45, 7) is 0. The summed E-state index contributed by atoms with van der Waals surface area (Å²) in [5.74, 6) is 0.626. The summed E-state index contributed by atoms with van der Waals surface area (Å²) in [4.78, 5) is 3.96. The third-order valence-corrected chi connectivity index (χ3v) is 2.03. The zero-order valence-corrected chi connectivity index (χ0v) is 7.59. The number of nitrogens with zero attached hydrogens (tertiary/aromatic N) is 2. The summed E-state index contributed by atoms with van der Waals surface area (Å²) < 4.78 is 0. The van der Waals surface area contributed by atoms with Gasteiger partial charge in [0.15, 0.2) is 5.82 Å². The molecule has 0 fully saturated rings. The highest BCUT2D eigenvalue weighted by Crippen LogP contribution is 2.15. The predicted molar refractivity (Wildman–Crippen MR) is 51.5 cm³/mol. The van der Waals surface area contributed by atoms with Crippen molar-refractivity contribution in [2.75, 3.05) is 0 Å². The van der Waals surface area contributed by atoms with E-state index in [1.807, 2.05) is 30.3 Å². The summed E-state index contributed by atoms with van der Waals surface area (Å²) in [5.41, 5.74) is 0.886. The molecule has 72 valence electrons. The van der Waals surface area contributed by atoms with Crippen molar-refractivity contribution in [2.45, 2.75) is 12.5 Å². The maximum Gasteiger partial charge on any atom is 0.153 e. The van der Waals surface area contributed by atoms with Crippen molar-refractivity contribution in [1.29, 1.82) is 0 Å². The molecule has 14 heavy (non-hydrogen) atoms. The van der Waals surface area contributed by atoms with E-state index >= 15 is 0 Å². The second-order valence-corrected chi connectivity index (χ2v) is 3.05. The van der Waals surface area contributed by atoms with Crippen molar-refractivity contribution in [1.82, 2.24) is 15.2 Å². The van der Waals surface area contributed by atoms with E-state index in [0.717, 1.165) is 5.56 Å². The fourth-order valence-corrected chi connectivity index (χ4v) is 1.30. The molecule has 4 heteroatoms. The average Bonchev–Trinajstić information content (AvgIpc) is 2.72. The van der Waals surface area contributed by atoms with Gasteiger partial charge in [-0.25, -0.2) is 4.98 Å². The third kappa shape index (κ3) is 1.97. The first-order valence-corrected chi connectivity index (χ1v) is 4.44. The highest BCUT2D eigenvalue weighted by Gasteiger charge is 2.09. The molecule has 1 heterocycles. The molecule has 1 unspecified atom stereocenters. The Kier molecular flexibility index (Phi) is 2.55. The molecule has 0 amide bonds. The molecule has 0 radical (unpaired) electrons. The van der Waals surface area contributed by atoms with Gasteiger partial charge in [-0.3, -0.25) is 5.10 Å². The molecule has 1 atom stereocenters. The van der Waals surface area contributed by atoms with Crippen LogP contribution in [0.1, 0.15) is 17.5 Å². The molecule has 0 aliphatic heterocycles. The van der Waals surface area contributed by atoms with E-state index in [9.17, 15) is 5.11 Å². The number of hydrogen-bond donors (Lipinski definition) is 2. The Morgan fingerprint density at radius 1 is 1.29 bits per heavy atom. The van der Waals surface area contributed by atoms with E-state index in [1.165, 1.54) is 6.33 Å². The lowest BCUT2D eigenvalue weighted by Crippen LogP contribution is -2.02. The second kappa shape index (κ2) is 4.02. The summed E-state index contributed by atoms with van der Waals surface area (Å²) in [6, 6.07) is 9.49. The Morgan fingerprint density at radius 2 is 2.07 bits per heavy atom. The van der Waals surface area contributed by atoms with Gasteiger partial charge in [0, 0.05) is 6.42 Å². The maximum absolute atomic E-state index is 9.80. The molecule has 0 spiro atoms. The summed E-state index contributed by atoms with van der Waals surface area (Å²) >= 11 is 0. The standard InChI is InChI=1S/C10H11N3O/c14-9(6-10-11-7-12-13-10)8-4-2-1-3-5-8/h1-5,7,9,14H,6H2,(H,11,12,13). The maximum atomic E-state index is 9.80. The predicted octanol–water partition coefficient (Wildman–Crippen LogP) is 1.08. The van der Waals surface area contributed by atoms with Gasteiger partial charge < -0.3 is 5.11 Å². The highest BCUT2D eigenvalue weighted by molar-refractivity contribution is 5.18. The van der Waals surface area contributed by atoms with Gasteiger partial charge in [0.05, 0.1) is 6.10 Å². The largest absolute Gasteiger partial charge is 0.388 e. The van der Waals surface area contributed by atoms with Crippen LogP contribution in [0.5, 0.6) is 0 Å². The number of aliphatic hydroxyl groups is 1. The van der Waals surface area contributed by atoms with Crippen molar-refractivity contribution in [3.63, 3.8) is 0 Å². The minimum atomic E-state index is -0.535. The van der Waals surface area contributed by atoms with Crippen LogP contribution in [0.2, 0.25) is 0 Å². The topological polar surface area (TPSA) is 61.8 Å². The lowest BCUT2D eigenvalue weighted by atomic mass is 10.1. The number of nitrogens with one attached hydrogen (secondary N) is 1. The van der Waals surface area contributed by atoms with Crippen LogP contribution in [0.25, 0.3) is 0 Å². The van der Waals surface area contributed by atoms with E-state index in [-0.39, 0.29) is 0 Å². The molecular weight excluding hydrogens is 178 g/mol. The summed E-state index contributed by atoms with van der Waals surface area (Å²) in [7, 11) is 0. The third-order valence-electron chi connectivity index (χ3n) is 2.03. The first-order valence-electron chi connectivity index (χ1n) is 4.44. The van der Waals surface area contributed by atoms with Gasteiger partial charge >= 0.3 is 0 Å². The van der Waals surface area contributed by atoms with Gasteiger partial charge in [-0.1, -0.05) is 30.3 Å². The Bertz CT molecular complexity index is 372. The molecule has 4 nitrogen and oxygen atoms in total. The van der Waals surface area contributed by atoms with Crippen LogP contribution in [0.4, 0.5) is 0 Å². The van der Waals surface area contributed by atoms with Crippen molar-refractivity contribution in [2.24, 2.45) is 0 Å².